The lowest BCUT2D eigenvalue weighted by Crippen LogP contribution is -2.40. The van der Waals surface area contributed by atoms with E-state index < -0.39 is 0 Å². The van der Waals surface area contributed by atoms with E-state index in [9.17, 15) is 4.79 Å². The zero-order valence-electron chi connectivity index (χ0n) is 13.3. The van der Waals surface area contributed by atoms with Crippen LogP contribution in [0.4, 0.5) is 0 Å². The number of methoxy groups -OCH3 is 1. The summed E-state index contributed by atoms with van der Waals surface area (Å²) in [6, 6.07) is 3.81. The number of rotatable bonds is 5. The van der Waals surface area contributed by atoms with Gasteiger partial charge in [-0.15, -0.1) is 11.3 Å². The first-order valence-electron chi connectivity index (χ1n) is 8.12. The number of aromatic nitrogens is 2. The third-order valence-corrected chi connectivity index (χ3v) is 5.52. The van der Waals surface area contributed by atoms with Gasteiger partial charge in [-0.25, -0.2) is 4.98 Å². The second-order valence-electron chi connectivity index (χ2n) is 6.49. The van der Waals surface area contributed by atoms with Gasteiger partial charge < -0.3 is 14.2 Å². The molecule has 0 spiro atoms. The summed E-state index contributed by atoms with van der Waals surface area (Å²) in [6.45, 7) is 2.98. The maximum atomic E-state index is 12.7. The van der Waals surface area contributed by atoms with E-state index in [-0.39, 0.29) is 11.8 Å². The maximum Gasteiger partial charge on any atom is 0.264 e. The Balaban J connectivity index is 1.60. The van der Waals surface area contributed by atoms with Crippen LogP contribution in [0.2, 0.25) is 0 Å². The number of nitrogens with zero attached hydrogens (tertiary/aromatic N) is 3. The molecule has 0 aromatic carbocycles. The molecule has 0 unspecified atom stereocenters. The number of thiophene rings is 1. The fraction of sp³-hybridized carbons (Fsp3) is 0.529. The molecule has 3 heterocycles. The van der Waals surface area contributed by atoms with Crippen molar-refractivity contribution >= 4 is 17.2 Å². The van der Waals surface area contributed by atoms with Crippen molar-refractivity contribution in [3.8, 4) is 0 Å². The number of amides is 1. The van der Waals surface area contributed by atoms with Crippen molar-refractivity contribution in [3.05, 3.63) is 40.1 Å². The summed E-state index contributed by atoms with van der Waals surface area (Å²) < 4.78 is 7.72. The largest absolute Gasteiger partial charge is 0.384 e. The van der Waals surface area contributed by atoms with Crippen LogP contribution in [0, 0.1) is 5.92 Å². The highest BCUT2D eigenvalue weighted by Gasteiger charge is 2.34. The van der Waals surface area contributed by atoms with Gasteiger partial charge in [-0.2, -0.15) is 0 Å². The van der Waals surface area contributed by atoms with Crippen LogP contribution < -0.4 is 0 Å². The van der Waals surface area contributed by atoms with E-state index in [2.05, 4.69) is 9.55 Å². The van der Waals surface area contributed by atoms with E-state index >= 15 is 0 Å². The molecular formula is C17H21N3O2S. The highest BCUT2D eigenvalue weighted by Crippen LogP contribution is 2.34. The first-order chi connectivity index (χ1) is 11.3. The number of carbonyl (C=O) groups excluding carboxylic acids is 1. The lowest BCUT2D eigenvalue weighted by molar-refractivity contribution is 0.0677. The summed E-state index contributed by atoms with van der Waals surface area (Å²) >= 11 is 1.49. The van der Waals surface area contributed by atoms with Crippen molar-refractivity contribution in [1.82, 2.24) is 14.5 Å². The molecule has 2 aromatic rings. The number of carbonyl (C=O) groups is 1. The zero-order chi connectivity index (χ0) is 15.8. The number of hydrogen-bond donors (Lipinski definition) is 0. The Kier molecular flexibility index (Phi) is 3.95. The van der Waals surface area contributed by atoms with Crippen LogP contribution in [-0.4, -0.2) is 40.6 Å². The normalized spacial score (nSPS) is 20.6. The van der Waals surface area contributed by atoms with Gasteiger partial charge in [-0.1, -0.05) is 6.07 Å². The highest BCUT2D eigenvalue weighted by atomic mass is 32.1. The van der Waals surface area contributed by atoms with Gasteiger partial charge in [-0.3, -0.25) is 4.79 Å². The van der Waals surface area contributed by atoms with E-state index in [1.807, 2.05) is 28.7 Å². The minimum absolute atomic E-state index is 0.100. The first kappa shape index (κ1) is 14.9. The molecule has 4 rings (SSSR count). The smallest absolute Gasteiger partial charge is 0.264 e. The minimum Gasteiger partial charge on any atom is -0.384 e. The molecular weight excluding hydrogens is 310 g/mol. The second-order valence-corrected chi connectivity index (χ2v) is 7.44. The van der Waals surface area contributed by atoms with E-state index in [1.165, 1.54) is 29.9 Å². The van der Waals surface area contributed by atoms with Crippen LogP contribution in [0.1, 0.15) is 39.8 Å². The topological polar surface area (TPSA) is 47.4 Å². The molecule has 1 fully saturated rings. The van der Waals surface area contributed by atoms with Crippen molar-refractivity contribution in [2.75, 3.05) is 20.3 Å². The van der Waals surface area contributed by atoms with E-state index in [4.69, 9.17) is 4.74 Å². The standard InChI is InChI=1S/C17H21N3O2S/c1-22-10-13-8-19(17(21)15-3-2-6-23-15)9-14-16(13)20(11-18-14)7-12-4-5-12/h2-3,6,11-13H,4-5,7-10H2,1H3/t13-/m1/s1. The van der Waals surface area contributed by atoms with Gasteiger partial charge in [-0.05, 0) is 30.2 Å². The summed E-state index contributed by atoms with van der Waals surface area (Å²) in [6.07, 6.45) is 4.60. The molecule has 0 radical (unpaired) electrons. The SMILES string of the molecule is COC[C@H]1CN(C(=O)c2cccs2)Cc2ncn(CC3CC3)c21. The Hall–Kier alpha value is -1.66. The summed E-state index contributed by atoms with van der Waals surface area (Å²) in [7, 11) is 1.72. The van der Waals surface area contributed by atoms with Gasteiger partial charge in [0.1, 0.15) is 0 Å². The molecule has 122 valence electrons. The molecule has 2 aliphatic rings. The van der Waals surface area contributed by atoms with Gasteiger partial charge in [0.2, 0.25) is 0 Å². The molecule has 6 heteroatoms. The molecule has 5 nitrogen and oxygen atoms in total. The third-order valence-electron chi connectivity index (χ3n) is 4.66. The minimum atomic E-state index is 0.100. The first-order valence-corrected chi connectivity index (χ1v) is 9.00. The molecule has 1 saturated carbocycles. The number of ether oxygens (including phenoxy) is 1. The molecule has 0 bridgehead atoms. The maximum absolute atomic E-state index is 12.7. The van der Waals surface area contributed by atoms with Gasteiger partial charge in [0.05, 0.1) is 30.1 Å². The monoisotopic (exact) mass is 331 g/mol. The molecule has 1 amide bonds. The quantitative estimate of drug-likeness (QED) is 0.846. The predicted octanol–water partition coefficient (Wildman–Crippen LogP) is 2.74. The average Bonchev–Trinajstić information content (AvgIpc) is 3.04. The van der Waals surface area contributed by atoms with Crippen molar-refractivity contribution in [2.24, 2.45) is 5.92 Å². The van der Waals surface area contributed by atoms with Crippen LogP contribution in [-0.2, 0) is 17.8 Å². The van der Waals surface area contributed by atoms with E-state index in [1.54, 1.807) is 7.11 Å². The number of fused-ring (bicyclic) bond motifs is 1. The Bertz CT molecular complexity index is 691. The molecule has 2 aromatic heterocycles. The Morgan fingerprint density at radius 3 is 3.04 bits per heavy atom. The van der Waals surface area contributed by atoms with Gasteiger partial charge >= 0.3 is 0 Å². The fourth-order valence-electron chi connectivity index (χ4n) is 3.39. The van der Waals surface area contributed by atoms with Crippen molar-refractivity contribution in [1.29, 1.82) is 0 Å². The summed E-state index contributed by atoms with van der Waals surface area (Å²) in [5, 5.41) is 1.94. The Morgan fingerprint density at radius 1 is 1.48 bits per heavy atom. The average molecular weight is 331 g/mol. The number of imidazole rings is 1. The molecule has 1 aliphatic heterocycles. The Labute approximate surface area is 139 Å². The van der Waals surface area contributed by atoms with Crippen molar-refractivity contribution < 1.29 is 9.53 Å². The highest BCUT2D eigenvalue weighted by molar-refractivity contribution is 7.12. The van der Waals surface area contributed by atoms with Crippen LogP contribution >= 0.6 is 11.3 Å². The van der Waals surface area contributed by atoms with Gasteiger partial charge in [0.15, 0.2) is 0 Å². The molecule has 1 atom stereocenters. The van der Waals surface area contributed by atoms with Crippen molar-refractivity contribution in [2.45, 2.75) is 31.8 Å². The molecule has 23 heavy (non-hydrogen) atoms. The van der Waals surface area contributed by atoms with E-state index in [0.717, 1.165) is 23.0 Å². The second kappa shape index (κ2) is 6.09. The number of hydrogen-bond acceptors (Lipinski definition) is 4. The predicted molar refractivity (Wildman–Crippen MR) is 88.6 cm³/mol. The fourth-order valence-corrected chi connectivity index (χ4v) is 4.08. The summed E-state index contributed by atoms with van der Waals surface area (Å²) in [4.78, 5) is 20.0. The Morgan fingerprint density at radius 2 is 2.35 bits per heavy atom. The third kappa shape index (κ3) is 2.93. The summed E-state index contributed by atoms with van der Waals surface area (Å²) in [5.74, 6) is 1.11. The van der Waals surface area contributed by atoms with Crippen molar-refractivity contribution in [3.63, 3.8) is 0 Å². The van der Waals surface area contributed by atoms with Gasteiger partial charge in [0, 0.05) is 31.8 Å². The molecule has 1 aliphatic carbocycles. The zero-order valence-corrected chi connectivity index (χ0v) is 14.1. The summed E-state index contributed by atoms with van der Waals surface area (Å²) in [5.41, 5.74) is 2.30. The van der Waals surface area contributed by atoms with Crippen LogP contribution in [0.25, 0.3) is 0 Å². The molecule has 0 N–H and O–H groups in total. The van der Waals surface area contributed by atoms with Crippen LogP contribution in [0.3, 0.4) is 0 Å². The lowest BCUT2D eigenvalue weighted by atomic mass is 9.98. The molecule has 0 saturated heterocycles. The van der Waals surface area contributed by atoms with Crippen LogP contribution in [0.15, 0.2) is 23.8 Å². The van der Waals surface area contributed by atoms with Crippen LogP contribution in [0.5, 0.6) is 0 Å². The van der Waals surface area contributed by atoms with Gasteiger partial charge in [0.25, 0.3) is 5.91 Å². The lowest BCUT2D eigenvalue weighted by Gasteiger charge is -2.32. The van der Waals surface area contributed by atoms with E-state index in [0.29, 0.717) is 19.7 Å².